The van der Waals surface area contributed by atoms with Gasteiger partial charge < -0.3 is 9.73 Å². The van der Waals surface area contributed by atoms with Gasteiger partial charge >= 0.3 is 0 Å². The molecule has 2 heterocycles. The molecule has 1 amide bonds. The number of nitrogens with one attached hydrogen (secondary N) is 2. The summed E-state index contributed by atoms with van der Waals surface area (Å²) >= 11 is 0. The molecule has 1 saturated heterocycles. The molecule has 3 rings (SSSR count). The Kier molecular flexibility index (Phi) is 3.68. The third-order valence-corrected chi connectivity index (χ3v) is 3.60. The maximum absolute atomic E-state index is 12.0. The van der Waals surface area contributed by atoms with Crippen LogP contribution < -0.4 is 16.6 Å². The van der Waals surface area contributed by atoms with Gasteiger partial charge in [0.1, 0.15) is 11.3 Å². The average molecular weight is 274 g/mol. The van der Waals surface area contributed by atoms with E-state index in [1.165, 1.54) is 0 Å². The number of benzene rings is 1. The van der Waals surface area contributed by atoms with E-state index in [2.05, 4.69) is 15.6 Å². The Bertz CT molecular complexity index is 617. The van der Waals surface area contributed by atoms with Crippen molar-refractivity contribution in [2.45, 2.75) is 6.54 Å². The van der Waals surface area contributed by atoms with E-state index in [4.69, 9.17) is 10.3 Å². The molecule has 6 nitrogen and oxygen atoms in total. The topological polar surface area (TPSA) is 83.5 Å². The van der Waals surface area contributed by atoms with Crippen molar-refractivity contribution in [3.05, 3.63) is 35.6 Å². The molecule has 0 saturated carbocycles. The van der Waals surface area contributed by atoms with Gasteiger partial charge in [-0.3, -0.25) is 15.1 Å². The van der Waals surface area contributed by atoms with Gasteiger partial charge in [0.15, 0.2) is 0 Å². The third-order valence-electron chi connectivity index (χ3n) is 3.60. The van der Waals surface area contributed by atoms with E-state index in [9.17, 15) is 4.79 Å². The van der Waals surface area contributed by atoms with Crippen molar-refractivity contribution in [1.82, 2.24) is 15.6 Å². The fraction of sp³-hybridized carbons (Fsp3) is 0.357. The summed E-state index contributed by atoms with van der Waals surface area (Å²) in [5, 5.41) is 4.11. The summed E-state index contributed by atoms with van der Waals surface area (Å²) < 4.78 is 5.85. The fourth-order valence-corrected chi connectivity index (χ4v) is 2.60. The maximum Gasteiger partial charge on any atom is 0.269 e. The highest BCUT2D eigenvalue weighted by molar-refractivity contribution is 6.07. The van der Waals surface area contributed by atoms with Crippen molar-refractivity contribution in [3.63, 3.8) is 0 Å². The number of carbonyl (C=O) groups is 1. The van der Waals surface area contributed by atoms with Crippen LogP contribution in [0.5, 0.6) is 0 Å². The molecule has 1 fully saturated rings. The van der Waals surface area contributed by atoms with Gasteiger partial charge in [-0.1, -0.05) is 18.2 Å². The van der Waals surface area contributed by atoms with E-state index in [0.29, 0.717) is 17.9 Å². The van der Waals surface area contributed by atoms with Crippen molar-refractivity contribution < 1.29 is 9.21 Å². The number of hydrogen-bond acceptors (Lipinski definition) is 5. The van der Waals surface area contributed by atoms with Crippen LogP contribution in [-0.2, 0) is 6.54 Å². The van der Waals surface area contributed by atoms with Gasteiger partial charge in [-0.15, -0.1) is 0 Å². The zero-order valence-electron chi connectivity index (χ0n) is 11.2. The van der Waals surface area contributed by atoms with Crippen LogP contribution in [0.1, 0.15) is 16.1 Å². The summed E-state index contributed by atoms with van der Waals surface area (Å²) in [7, 11) is 0. The lowest BCUT2D eigenvalue weighted by molar-refractivity contribution is 0.0951. The molecule has 2 aromatic rings. The molecule has 0 aliphatic carbocycles. The molecule has 0 spiro atoms. The maximum atomic E-state index is 12.0. The minimum absolute atomic E-state index is 0.305. The highest BCUT2D eigenvalue weighted by atomic mass is 16.3. The second kappa shape index (κ2) is 5.62. The molecule has 0 bridgehead atoms. The lowest BCUT2D eigenvalue weighted by Crippen LogP contribution is -2.43. The summed E-state index contributed by atoms with van der Waals surface area (Å²) in [6.07, 6.45) is 0. The van der Waals surface area contributed by atoms with E-state index in [1.54, 1.807) is 0 Å². The van der Waals surface area contributed by atoms with E-state index in [1.807, 2.05) is 24.3 Å². The number of hydrazine groups is 1. The molecular weight excluding hydrogens is 256 g/mol. The quantitative estimate of drug-likeness (QED) is 0.430. The van der Waals surface area contributed by atoms with Crippen molar-refractivity contribution >= 4 is 16.9 Å². The lowest BCUT2D eigenvalue weighted by Gasteiger charge is -2.26. The largest absolute Gasteiger partial charge is 0.459 e. The van der Waals surface area contributed by atoms with Crippen LogP contribution >= 0.6 is 0 Å². The molecular formula is C14H18N4O2. The van der Waals surface area contributed by atoms with Crippen molar-refractivity contribution in [1.29, 1.82) is 0 Å². The van der Waals surface area contributed by atoms with Gasteiger partial charge in [0.2, 0.25) is 0 Å². The van der Waals surface area contributed by atoms with Crippen LogP contribution in [0.2, 0.25) is 0 Å². The number of fused-ring (bicyclic) bond motifs is 1. The summed E-state index contributed by atoms with van der Waals surface area (Å²) in [4.78, 5) is 14.3. The first-order chi connectivity index (χ1) is 9.79. The summed E-state index contributed by atoms with van der Waals surface area (Å²) in [5.74, 6) is 5.66. The van der Waals surface area contributed by atoms with Gasteiger partial charge in [-0.25, -0.2) is 5.84 Å². The van der Waals surface area contributed by atoms with Crippen LogP contribution in [-0.4, -0.2) is 37.0 Å². The Morgan fingerprint density at radius 2 is 2.10 bits per heavy atom. The van der Waals surface area contributed by atoms with E-state index >= 15 is 0 Å². The second-order valence-corrected chi connectivity index (χ2v) is 4.90. The number of carbonyl (C=O) groups excluding carboxylic acids is 1. The van der Waals surface area contributed by atoms with Crippen LogP contribution in [0.25, 0.3) is 11.0 Å². The number of hydrogen-bond donors (Lipinski definition) is 3. The number of furan rings is 1. The van der Waals surface area contributed by atoms with E-state index < -0.39 is 0 Å². The smallest absolute Gasteiger partial charge is 0.269 e. The summed E-state index contributed by atoms with van der Waals surface area (Å²) in [6.45, 7) is 4.43. The number of piperazine rings is 1. The number of nitrogens with zero attached hydrogens (tertiary/aromatic N) is 1. The van der Waals surface area contributed by atoms with E-state index in [0.717, 1.165) is 37.1 Å². The molecule has 1 aromatic heterocycles. The average Bonchev–Trinajstić information content (AvgIpc) is 2.85. The molecule has 20 heavy (non-hydrogen) atoms. The minimum Gasteiger partial charge on any atom is -0.459 e. The van der Waals surface area contributed by atoms with Crippen molar-refractivity contribution in [3.8, 4) is 0 Å². The molecule has 6 heteroatoms. The first-order valence-electron chi connectivity index (χ1n) is 6.74. The zero-order valence-corrected chi connectivity index (χ0v) is 11.2. The number of para-hydroxylation sites is 1. The number of amides is 1. The van der Waals surface area contributed by atoms with Crippen molar-refractivity contribution in [2.24, 2.45) is 5.84 Å². The van der Waals surface area contributed by atoms with Crippen LogP contribution in [0.15, 0.2) is 28.7 Å². The highest BCUT2D eigenvalue weighted by Gasteiger charge is 2.22. The van der Waals surface area contributed by atoms with Crippen LogP contribution in [0.4, 0.5) is 0 Å². The Labute approximate surface area is 116 Å². The first kappa shape index (κ1) is 13.1. The molecule has 0 atom stereocenters. The van der Waals surface area contributed by atoms with Gasteiger partial charge in [-0.2, -0.15) is 0 Å². The number of nitrogens with two attached hydrogens (primary N) is 1. The first-order valence-corrected chi connectivity index (χ1v) is 6.74. The third kappa shape index (κ3) is 2.40. The monoisotopic (exact) mass is 274 g/mol. The summed E-state index contributed by atoms with van der Waals surface area (Å²) in [6, 6.07) is 7.53. The normalized spacial score (nSPS) is 16.4. The van der Waals surface area contributed by atoms with Gasteiger partial charge in [-0.05, 0) is 6.07 Å². The fourth-order valence-electron chi connectivity index (χ4n) is 2.60. The molecule has 106 valence electrons. The van der Waals surface area contributed by atoms with Crippen molar-refractivity contribution in [2.75, 3.05) is 26.2 Å². The Balaban J connectivity index is 1.97. The van der Waals surface area contributed by atoms with Gasteiger partial charge in [0, 0.05) is 31.6 Å². The molecule has 4 N–H and O–H groups in total. The van der Waals surface area contributed by atoms with Crippen LogP contribution in [0, 0.1) is 0 Å². The molecule has 1 aliphatic heterocycles. The standard InChI is InChI=1S/C14H18N4O2/c15-17-14(19)13-10-3-1-2-4-11(10)20-12(13)9-18-7-5-16-6-8-18/h1-4,16H,5-9,15H2,(H,17,19). The lowest BCUT2D eigenvalue weighted by atomic mass is 10.1. The predicted octanol–water partition coefficient (Wildman–Crippen LogP) is 0.442. The van der Waals surface area contributed by atoms with E-state index in [-0.39, 0.29) is 5.91 Å². The van der Waals surface area contributed by atoms with Gasteiger partial charge in [0.25, 0.3) is 5.91 Å². The second-order valence-electron chi connectivity index (χ2n) is 4.90. The molecule has 0 radical (unpaired) electrons. The van der Waals surface area contributed by atoms with Gasteiger partial charge in [0.05, 0.1) is 12.1 Å². The predicted molar refractivity (Wildman–Crippen MR) is 76.0 cm³/mol. The Morgan fingerprint density at radius 3 is 2.85 bits per heavy atom. The molecule has 1 aromatic carbocycles. The molecule has 0 unspecified atom stereocenters. The minimum atomic E-state index is -0.305. The number of rotatable bonds is 3. The Morgan fingerprint density at radius 1 is 1.35 bits per heavy atom. The Hall–Kier alpha value is -1.89. The zero-order chi connectivity index (χ0) is 13.9. The SMILES string of the molecule is NNC(=O)c1c(CN2CCNCC2)oc2ccccc12. The molecule has 1 aliphatic rings. The summed E-state index contributed by atoms with van der Waals surface area (Å²) in [5.41, 5.74) is 3.47. The highest BCUT2D eigenvalue weighted by Crippen LogP contribution is 2.26. The number of nitrogen functional groups attached to an aromatic ring is 1. The van der Waals surface area contributed by atoms with Crippen LogP contribution in [0.3, 0.4) is 0 Å².